The van der Waals surface area contributed by atoms with Crippen LogP contribution in [0.1, 0.15) is 42.3 Å². The van der Waals surface area contributed by atoms with E-state index in [2.05, 4.69) is 28.5 Å². The van der Waals surface area contributed by atoms with Crippen LogP contribution in [0.2, 0.25) is 0 Å². The summed E-state index contributed by atoms with van der Waals surface area (Å²) in [7, 11) is 0. The first kappa shape index (κ1) is 17.1. The van der Waals surface area contributed by atoms with Gasteiger partial charge in [-0.05, 0) is 43.0 Å². The second kappa shape index (κ2) is 6.86. The molecule has 1 fully saturated rings. The number of fused-ring (bicyclic) bond motifs is 3. The molecule has 5 rings (SSSR count). The van der Waals surface area contributed by atoms with Gasteiger partial charge in [0.15, 0.2) is 0 Å². The largest absolute Gasteiger partial charge is 0.467 e. The lowest BCUT2D eigenvalue weighted by molar-refractivity contribution is -0.129. The van der Waals surface area contributed by atoms with Gasteiger partial charge in [0.05, 0.1) is 24.8 Å². The van der Waals surface area contributed by atoms with Crippen molar-refractivity contribution in [1.82, 2.24) is 15.2 Å². The third-order valence-electron chi connectivity index (χ3n) is 5.94. The van der Waals surface area contributed by atoms with Crippen LogP contribution < -0.4 is 5.32 Å². The molecule has 0 spiro atoms. The molecule has 0 unspecified atom stereocenters. The Balaban J connectivity index is 1.30. The van der Waals surface area contributed by atoms with E-state index in [0.29, 0.717) is 13.1 Å². The number of para-hydroxylation sites is 1. The van der Waals surface area contributed by atoms with Crippen molar-refractivity contribution in [2.24, 2.45) is 5.92 Å². The van der Waals surface area contributed by atoms with Crippen LogP contribution in [0.4, 0.5) is 0 Å². The molecule has 144 valence electrons. The van der Waals surface area contributed by atoms with Crippen molar-refractivity contribution in [2.45, 2.75) is 38.3 Å². The molecule has 0 bridgehead atoms. The number of aryl methyl sites for hydroxylation is 1. The molecule has 2 N–H and O–H groups in total. The number of benzene rings is 1. The number of amides is 2. The summed E-state index contributed by atoms with van der Waals surface area (Å²) in [5, 5.41) is 4.45. The topological polar surface area (TPSA) is 78.3 Å². The van der Waals surface area contributed by atoms with Gasteiger partial charge in [-0.1, -0.05) is 18.2 Å². The fraction of sp³-hybridized carbons (Fsp3) is 0.364. The molecule has 3 aromatic rings. The number of rotatable bonds is 4. The van der Waals surface area contributed by atoms with E-state index in [4.69, 9.17) is 4.42 Å². The molecule has 6 heteroatoms. The van der Waals surface area contributed by atoms with Crippen LogP contribution in [0.3, 0.4) is 0 Å². The summed E-state index contributed by atoms with van der Waals surface area (Å²) in [6.45, 7) is 0.864. The number of aromatic nitrogens is 1. The SMILES string of the molecule is O=C(N[C@H]1CCCc2c1[nH]c1ccccc21)[C@H]1CC(=O)N(Cc2ccco2)C1. The Kier molecular flexibility index (Phi) is 4.19. The van der Waals surface area contributed by atoms with E-state index in [1.54, 1.807) is 17.2 Å². The third kappa shape index (κ3) is 2.99. The smallest absolute Gasteiger partial charge is 0.225 e. The number of nitrogens with one attached hydrogen (secondary N) is 2. The quantitative estimate of drug-likeness (QED) is 0.732. The van der Waals surface area contributed by atoms with Crippen molar-refractivity contribution in [1.29, 1.82) is 0 Å². The van der Waals surface area contributed by atoms with Crippen molar-refractivity contribution in [2.75, 3.05) is 6.54 Å². The minimum Gasteiger partial charge on any atom is -0.467 e. The summed E-state index contributed by atoms with van der Waals surface area (Å²) in [4.78, 5) is 30.4. The second-order valence-corrected chi connectivity index (χ2v) is 7.77. The van der Waals surface area contributed by atoms with E-state index < -0.39 is 0 Å². The maximum absolute atomic E-state index is 12.9. The van der Waals surface area contributed by atoms with E-state index in [-0.39, 0.29) is 30.2 Å². The maximum Gasteiger partial charge on any atom is 0.225 e. The summed E-state index contributed by atoms with van der Waals surface area (Å²) < 4.78 is 5.33. The van der Waals surface area contributed by atoms with Crippen LogP contribution in [-0.4, -0.2) is 28.2 Å². The molecule has 3 heterocycles. The van der Waals surface area contributed by atoms with Crippen LogP contribution >= 0.6 is 0 Å². The Morgan fingerprint density at radius 3 is 3.00 bits per heavy atom. The molecule has 1 aliphatic heterocycles. The number of likely N-dealkylation sites (tertiary alicyclic amines) is 1. The number of carbonyl (C=O) groups excluding carboxylic acids is 2. The standard InChI is InChI=1S/C22H23N3O3/c26-20-11-14(12-25(20)13-15-5-4-10-28-15)22(27)24-19-9-3-7-17-16-6-1-2-8-18(16)23-21(17)19/h1-2,4-6,8,10,14,19,23H,3,7,9,11-13H2,(H,24,27)/t14-,19-/m0/s1. The number of hydrogen-bond acceptors (Lipinski definition) is 3. The van der Waals surface area contributed by atoms with Gasteiger partial charge >= 0.3 is 0 Å². The fourth-order valence-electron chi connectivity index (χ4n) is 4.54. The van der Waals surface area contributed by atoms with E-state index >= 15 is 0 Å². The Hall–Kier alpha value is -3.02. The molecule has 2 aliphatic rings. The predicted octanol–water partition coefficient (Wildman–Crippen LogP) is 3.30. The highest BCUT2D eigenvalue weighted by Gasteiger charge is 2.36. The lowest BCUT2D eigenvalue weighted by Crippen LogP contribution is -2.36. The zero-order valence-corrected chi connectivity index (χ0v) is 15.6. The van der Waals surface area contributed by atoms with E-state index in [1.165, 1.54) is 10.9 Å². The summed E-state index contributed by atoms with van der Waals surface area (Å²) in [5.74, 6) is 0.403. The number of aromatic amines is 1. The van der Waals surface area contributed by atoms with Crippen LogP contribution in [0, 0.1) is 5.92 Å². The summed E-state index contributed by atoms with van der Waals surface area (Å²) in [5.41, 5.74) is 3.56. The van der Waals surface area contributed by atoms with Crippen LogP contribution in [0.15, 0.2) is 47.1 Å². The Morgan fingerprint density at radius 2 is 2.14 bits per heavy atom. The van der Waals surface area contributed by atoms with Crippen molar-refractivity contribution >= 4 is 22.7 Å². The number of hydrogen-bond donors (Lipinski definition) is 2. The average Bonchev–Trinajstić information content (AvgIpc) is 3.42. The monoisotopic (exact) mass is 377 g/mol. The second-order valence-electron chi connectivity index (χ2n) is 7.77. The van der Waals surface area contributed by atoms with Gasteiger partial charge in [0, 0.05) is 29.6 Å². The third-order valence-corrected chi connectivity index (χ3v) is 5.94. The molecule has 28 heavy (non-hydrogen) atoms. The van der Waals surface area contributed by atoms with Crippen molar-refractivity contribution < 1.29 is 14.0 Å². The van der Waals surface area contributed by atoms with Gasteiger partial charge in [0.2, 0.25) is 11.8 Å². The Labute approximate surface area is 162 Å². The van der Waals surface area contributed by atoms with Gasteiger partial charge in [-0.15, -0.1) is 0 Å². The van der Waals surface area contributed by atoms with Crippen LogP contribution in [0.5, 0.6) is 0 Å². The lowest BCUT2D eigenvalue weighted by Gasteiger charge is -2.25. The number of H-pyrrole nitrogens is 1. The van der Waals surface area contributed by atoms with Gasteiger partial charge < -0.3 is 19.6 Å². The highest BCUT2D eigenvalue weighted by Crippen LogP contribution is 2.35. The molecule has 2 amide bonds. The zero-order chi connectivity index (χ0) is 19.1. The van der Waals surface area contributed by atoms with Gasteiger partial charge in [-0.25, -0.2) is 0 Å². The Bertz CT molecular complexity index is 1020. The lowest BCUT2D eigenvalue weighted by atomic mass is 9.91. The molecule has 1 aromatic carbocycles. The molecular formula is C22H23N3O3. The van der Waals surface area contributed by atoms with Crippen molar-refractivity contribution in [3.05, 3.63) is 59.7 Å². The molecule has 2 aromatic heterocycles. The number of furan rings is 1. The predicted molar refractivity (Wildman–Crippen MR) is 104 cm³/mol. The van der Waals surface area contributed by atoms with Crippen LogP contribution in [-0.2, 0) is 22.6 Å². The van der Waals surface area contributed by atoms with E-state index in [0.717, 1.165) is 36.2 Å². The molecule has 0 saturated carbocycles. The summed E-state index contributed by atoms with van der Waals surface area (Å²) in [6, 6.07) is 11.9. The van der Waals surface area contributed by atoms with Crippen LogP contribution in [0.25, 0.3) is 10.9 Å². The van der Waals surface area contributed by atoms with Gasteiger partial charge in [-0.3, -0.25) is 9.59 Å². The average molecular weight is 377 g/mol. The minimum absolute atomic E-state index is 0.00601. The molecule has 1 aliphatic carbocycles. The van der Waals surface area contributed by atoms with Crippen molar-refractivity contribution in [3.63, 3.8) is 0 Å². The maximum atomic E-state index is 12.9. The first-order chi connectivity index (χ1) is 13.7. The van der Waals surface area contributed by atoms with Gasteiger partial charge in [0.1, 0.15) is 5.76 Å². The molecule has 0 radical (unpaired) electrons. The van der Waals surface area contributed by atoms with Gasteiger partial charge in [0.25, 0.3) is 0 Å². The summed E-state index contributed by atoms with van der Waals surface area (Å²) >= 11 is 0. The highest BCUT2D eigenvalue weighted by molar-refractivity contribution is 5.90. The van der Waals surface area contributed by atoms with Gasteiger partial charge in [-0.2, -0.15) is 0 Å². The molecule has 2 atom stereocenters. The van der Waals surface area contributed by atoms with Crippen molar-refractivity contribution in [3.8, 4) is 0 Å². The first-order valence-electron chi connectivity index (χ1n) is 9.89. The zero-order valence-electron chi connectivity index (χ0n) is 15.6. The normalized spacial score (nSPS) is 21.9. The highest BCUT2D eigenvalue weighted by atomic mass is 16.3. The minimum atomic E-state index is -0.308. The number of carbonyl (C=O) groups is 2. The van der Waals surface area contributed by atoms with E-state index in [9.17, 15) is 9.59 Å². The Morgan fingerprint density at radius 1 is 1.25 bits per heavy atom. The summed E-state index contributed by atoms with van der Waals surface area (Å²) in [6.07, 6.45) is 4.86. The molecule has 1 saturated heterocycles. The molecule has 6 nitrogen and oxygen atoms in total. The first-order valence-corrected chi connectivity index (χ1v) is 9.89. The number of nitrogens with zero attached hydrogens (tertiary/aromatic N) is 1. The fourth-order valence-corrected chi connectivity index (χ4v) is 4.54. The van der Waals surface area contributed by atoms with E-state index in [1.807, 2.05) is 12.1 Å². The molecular weight excluding hydrogens is 354 g/mol.